The van der Waals surface area contributed by atoms with E-state index < -0.39 is 74.3 Å². The summed E-state index contributed by atoms with van der Waals surface area (Å²) >= 11 is 9.00. The van der Waals surface area contributed by atoms with Crippen molar-refractivity contribution in [3.8, 4) is 49.0 Å². The molecule has 9 aromatic rings. The van der Waals surface area contributed by atoms with Crippen LogP contribution in [-0.4, -0.2) is 150 Å². The molecule has 6 aromatic heterocycles. The monoisotopic (exact) mass is 1450 g/mol. The van der Waals surface area contributed by atoms with Crippen molar-refractivity contribution in [2.45, 2.75) is 116 Å². The molecule has 0 aliphatic carbocycles. The smallest absolute Gasteiger partial charge is 0.278 e. The van der Waals surface area contributed by atoms with Crippen LogP contribution in [0.3, 0.4) is 0 Å². The van der Waals surface area contributed by atoms with Gasteiger partial charge >= 0.3 is 0 Å². The number of carbonyl (C=O) groups excluding carboxylic acids is 3. The molecule has 3 amide bonds. The zero-order valence-electron chi connectivity index (χ0n) is 53.7. The molecular weight excluding hydrogens is 1390 g/mol. The molecule has 3 fully saturated rings. The second kappa shape index (κ2) is 28.1. The molecule has 12 heterocycles. The number of piperidine rings is 3. The molecule has 3 atom stereocenters. The van der Waals surface area contributed by atoms with Gasteiger partial charge in [0, 0.05) is 101 Å². The highest BCUT2D eigenvalue weighted by atomic mass is 35.5. The molecule has 0 bridgehead atoms. The third kappa shape index (κ3) is 12.6. The molecule has 0 radical (unpaired) electrons. The highest BCUT2D eigenvalue weighted by Gasteiger charge is 2.44. The lowest BCUT2D eigenvalue weighted by Crippen LogP contribution is -2.62. The van der Waals surface area contributed by atoms with E-state index in [1.54, 1.807) is 42.4 Å². The molecule has 6 aliphatic heterocycles. The average Bonchev–Trinajstić information content (AvgIpc) is 0.947. The molecule has 522 valence electrons. The lowest BCUT2D eigenvalue weighted by molar-refractivity contribution is 0.0529. The summed E-state index contributed by atoms with van der Waals surface area (Å²) in [6.07, 6.45) is 12.1. The topological polar surface area (TPSA) is 275 Å². The molecule has 3 N–H and O–H groups in total. The SMILES string of the molecule is CCN1C(=O)c2c(O)c(=O)c(-c3nnc(Cc4c(F)cc(F)cc4F)s3)cn2N2CCCC[C@@H]12.CCN1C(=O)c2c(O)c(=O)c(-c3nnc(Cc4ccc(F)cc4F)s3)cn2N2CCCC[C@@H]12.CCN1C(=O)c2c(O)c(=O)c(-c3nnc(Cc4cccc(Cl)c4F)s3)cn2N2CCCC[C@@H]12. The van der Waals surface area contributed by atoms with Crippen LogP contribution in [0.25, 0.3) is 31.7 Å². The van der Waals surface area contributed by atoms with Gasteiger partial charge in [-0.25, -0.2) is 26.3 Å². The molecule has 3 aromatic carbocycles. The van der Waals surface area contributed by atoms with E-state index in [9.17, 15) is 70.4 Å². The number of nitrogens with zero attached hydrogens (tertiary/aromatic N) is 15. The number of hydrogen-bond acceptors (Lipinski definition) is 21. The fourth-order valence-electron chi connectivity index (χ4n) is 13.6. The van der Waals surface area contributed by atoms with Crippen LogP contribution in [-0.2, 0) is 19.3 Å². The standard InChI is InChI=1S/C22H21ClFN5O3S.C22H20F3N5O3S.C22H21F2N5O3S/c1-2-27-16-8-3-4-9-28(16)29-11-13(19(30)20(31)18(29)22(27)32)21-26-25-15(33-21)10-12-6-5-7-14(23)17(12)24;1-2-28-17-5-3-4-6-29(17)30-10-13(19(31)20(32)18(30)22(28)33)21-27-26-16(34-21)9-12-14(24)7-11(23)8-15(12)25;1-2-27-17-5-3-4-8-28(17)29-11-14(19(30)20(31)18(29)22(27)32)21-26-25-16(33-21)9-12-6-7-13(23)10-15(12)24/h5-7,11,16,31H,2-4,8-10H2,1H3;7-8,10,17,32H,2-6,9H2,1H3;6-7,10-11,17,31H,2-5,8-9H2,1H3/t16-;2*17-/m000/s1. The summed E-state index contributed by atoms with van der Waals surface area (Å²) in [5.41, 5.74) is -1.83. The zero-order chi connectivity index (χ0) is 70.7. The van der Waals surface area contributed by atoms with Gasteiger partial charge < -0.3 is 30.0 Å². The normalized spacial score (nSPS) is 17.7. The first-order chi connectivity index (χ1) is 48.1. The third-order valence-corrected chi connectivity index (χ3v) is 21.6. The number of rotatable bonds is 12. The van der Waals surface area contributed by atoms with E-state index in [0.29, 0.717) is 72.0 Å². The molecule has 34 heteroatoms. The first-order valence-corrected chi connectivity index (χ1v) is 35.1. The summed E-state index contributed by atoms with van der Waals surface area (Å²) in [6, 6.07) is 9.22. The maximum absolute atomic E-state index is 14.3. The number of aromatic hydroxyl groups is 3. The Balaban J connectivity index is 0.000000134. The highest BCUT2D eigenvalue weighted by Crippen LogP contribution is 2.37. The number of halogens is 7. The van der Waals surface area contributed by atoms with Crippen molar-refractivity contribution in [1.29, 1.82) is 0 Å². The molecule has 100 heavy (non-hydrogen) atoms. The number of benzene rings is 3. The Morgan fingerprint density at radius 2 is 0.830 bits per heavy atom. The fourth-order valence-corrected chi connectivity index (χ4v) is 16.4. The van der Waals surface area contributed by atoms with Crippen molar-refractivity contribution >= 4 is 63.3 Å². The zero-order valence-corrected chi connectivity index (χ0v) is 56.9. The van der Waals surface area contributed by atoms with E-state index in [1.165, 1.54) is 35.3 Å². The molecule has 3 saturated heterocycles. The molecular formula is C66H62ClF6N15O9S3. The molecule has 6 aliphatic rings. The van der Waals surface area contributed by atoms with Crippen molar-refractivity contribution < 1.29 is 56.0 Å². The van der Waals surface area contributed by atoms with Gasteiger partial charge in [-0.2, -0.15) is 0 Å². The van der Waals surface area contributed by atoms with Crippen molar-refractivity contribution in [1.82, 2.24) is 59.3 Å². The number of carbonyl (C=O) groups is 3. The molecule has 0 spiro atoms. The van der Waals surface area contributed by atoms with Gasteiger partial charge in [0.15, 0.2) is 49.4 Å². The molecule has 0 saturated carbocycles. The molecule has 15 rings (SSSR count). The van der Waals surface area contributed by atoms with E-state index in [-0.39, 0.29) is 115 Å². The Morgan fingerprint density at radius 3 is 1.21 bits per heavy atom. The number of fused-ring (bicyclic) bond motifs is 9. The first-order valence-electron chi connectivity index (χ1n) is 32.3. The van der Waals surface area contributed by atoms with E-state index in [0.717, 1.165) is 97.9 Å². The Morgan fingerprint density at radius 1 is 0.460 bits per heavy atom. The van der Waals surface area contributed by atoms with Gasteiger partial charge in [-0.15, -0.1) is 30.6 Å². The lowest BCUT2D eigenvalue weighted by Gasteiger charge is -2.48. The Hall–Kier alpha value is -9.73. The van der Waals surface area contributed by atoms with Gasteiger partial charge in [0.05, 0.1) is 21.7 Å². The second-order valence-electron chi connectivity index (χ2n) is 24.3. The van der Waals surface area contributed by atoms with Gasteiger partial charge in [0.2, 0.25) is 16.3 Å². The van der Waals surface area contributed by atoms with E-state index in [4.69, 9.17) is 11.6 Å². The minimum atomic E-state index is -1.05. The Labute approximate surface area is 581 Å². The highest BCUT2D eigenvalue weighted by molar-refractivity contribution is 7.15. The second-order valence-corrected chi connectivity index (χ2v) is 27.9. The van der Waals surface area contributed by atoms with Crippen LogP contribution >= 0.6 is 45.6 Å². The van der Waals surface area contributed by atoms with Crippen molar-refractivity contribution in [3.63, 3.8) is 0 Å². The number of hydrogen-bond donors (Lipinski definition) is 3. The summed E-state index contributed by atoms with van der Waals surface area (Å²) in [6.45, 7) is 8.99. The van der Waals surface area contributed by atoms with Gasteiger partial charge in [0.1, 0.15) is 68.4 Å². The summed E-state index contributed by atoms with van der Waals surface area (Å²) in [5.74, 6) is -8.07. The summed E-state index contributed by atoms with van der Waals surface area (Å²) < 4.78 is 87.4. The largest absolute Gasteiger partial charge is 0.502 e. The van der Waals surface area contributed by atoms with Gasteiger partial charge in [-0.05, 0) is 102 Å². The van der Waals surface area contributed by atoms with Crippen LogP contribution in [0, 0.1) is 34.9 Å². The van der Waals surface area contributed by atoms with Crippen LogP contribution in [0.5, 0.6) is 17.2 Å². The first kappa shape index (κ1) is 68.8. The predicted molar refractivity (Wildman–Crippen MR) is 359 cm³/mol. The van der Waals surface area contributed by atoms with Crippen LogP contribution in [0.15, 0.2) is 81.5 Å². The van der Waals surface area contributed by atoms with E-state index in [1.807, 2.05) is 35.8 Å². The minimum Gasteiger partial charge on any atom is -0.502 e. The maximum atomic E-state index is 14.3. The van der Waals surface area contributed by atoms with Crippen LogP contribution in [0.4, 0.5) is 26.3 Å². The minimum absolute atomic E-state index is 0.0205. The van der Waals surface area contributed by atoms with E-state index >= 15 is 0 Å². The Kier molecular flexibility index (Phi) is 19.3. The van der Waals surface area contributed by atoms with Crippen LogP contribution < -0.4 is 31.3 Å². The fraction of sp³-hybridized carbons (Fsp3) is 0.364. The predicted octanol–water partition coefficient (Wildman–Crippen LogP) is 9.25. The van der Waals surface area contributed by atoms with Crippen molar-refractivity contribution in [3.05, 3.63) is 187 Å². The average molecular weight is 1450 g/mol. The van der Waals surface area contributed by atoms with Crippen LogP contribution in [0.1, 0.15) is 142 Å². The van der Waals surface area contributed by atoms with Crippen LogP contribution in [0.2, 0.25) is 5.02 Å². The number of amides is 3. The quantitative estimate of drug-likeness (QED) is 0.0961. The summed E-state index contributed by atoms with van der Waals surface area (Å²) in [5, 5.41) is 64.2. The maximum Gasteiger partial charge on any atom is 0.278 e. The van der Waals surface area contributed by atoms with Gasteiger partial charge in [-0.3, -0.25) is 57.8 Å². The van der Waals surface area contributed by atoms with Gasteiger partial charge in [-0.1, -0.05) is 63.8 Å². The van der Waals surface area contributed by atoms with E-state index in [2.05, 4.69) is 30.6 Å². The number of pyridine rings is 3. The molecule has 0 unspecified atom stereocenters. The molecule has 24 nitrogen and oxygen atoms in total. The lowest BCUT2D eigenvalue weighted by atomic mass is 10.1. The summed E-state index contributed by atoms with van der Waals surface area (Å²) in [7, 11) is 0. The van der Waals surface area contributed by atoms with Crippen molar-refractivity contribution in [2.75, 3.05) is 54.3 Å². The third-order valence-electron chi connectivity index (χ3n) is 18.4. The number of aromatic nitrogens is 9. The van der Waals surface area contributed by atoms with Gasteiger partial charge in [0.25, 0.3) is 17.7 Å². The van der Waals surface area contributed by atoms with Crippen molar-refractivity contribution in [2.24, 2.45) is 0 Å². The Bertz CT molecular complexity index is 4910. The summed E-state index contributed by atoms with van der Waals surface area (Å²) in [4.78, 5) is 83.2.